The second-order valence-corrected chi connectivity index (χ2v) is 3.45. The number of aromatic nitrogens is 2. The first-order chi connectivity index (χ1) is 6.34. The van der Waals surface area contributed by atoms with Crippen molar-refractivity contribution in [3.8, 4) is 0 Å². The van der Waals surface area contributed by atoms with Crippen LogP contribution >= 0.6 is 11.8 Å². The minimum absolute atomic E-state index is 0.647. The van der Waals surface area contributed by atoms with Gasteiger partial charge in [-0.25, -0.2) is 4.98 Å². The zero-order chi connectivity index (χ0) is 9.10. The van der Waals surface area contributed by atoms with Crippen LogP contribution in [0.5, 0.6) is 0 Å². The van der Waals surface area contributed by atoms with Gasteiger partial charge in [0.25, 0.3) is 5.22 Å². The van der Waals surface area contributed by atoms with Crippen LogP contribution < -0.4 is 0 Å². The van der Waals surface area contributed by atoms with E-state index in [9.17, 15) is 0 Å². The van der Waals surface area contributed by atoms with E-state index >= 15 is 0 Å². The van der Waals surface area contributed by atoms with E-state index in [1.54, 1.807) is 12.5 Å². The summed E-state index contributed by atoms with van der Waals surface area (Å²) in [6, 6.07) is 1.90. The molecule has 2 heterocycles. The Kier molecular flexibility index (Phi) is 2.35. The molecule has 0 radical (unpaired) electrons. The molecule has 0 spiro atoms. The lowest BCUT2D eigenvalue weighted by molar-refractivity contribution is 0.390. The van der Waals surface area contributed by atoms with Crippen molar-refractivity contribution in [3.05, 3.63) is 30.0 Å². The molecule has 4 nitrogen and oxygen atoms in total. The SMILES string of the molecule is Cc1cc(CSc2ncco2)on1. The van der Waals surface area contributed by atoms with Gasteiger partial charge in [0.15, 0.2) is 0 Å². The van der Waals surface area contributed by atoms with Crippen molar-refractivity contribution in [2.45, 2.75) is 17.9 Å². The Bertz CT molecular complexity index is 369. The van der Waals surface area contributed by atoms with Gasteiger partial charge in [-0.3, -0.25) is 0 Å². The van der Waals surface area contributed by atoms with Crippen LogP contribution in [-0.2, 0) is 5.75 Å². The number of aryl methyl sites for hydroxylation is 1. The van der Waals surface area contributed by atoms with Crippen molar-refractivity contribution in [1.82, 2.24) is 10.1 Å². The van der Waals surface area contributed by atoms with Crippen LogP contribution in [0.1, 0.15) is 11.5 Å². The first kappa shape index (κ1) is 8.37. The van der Waals surface area contributed by atoms with E-state index in [1.165, 1.54) is 11.8 Å². The lowest BCUT2D eigenvalue weighted by Crippen LogP contribution is -1.75. The van der Waals surface area contributed by atoms with Gasteiger partial charge in [-0.2, -0.15) is 0 Å². The number of nitrogens with zero attached hydrogens (tertiary/aromatic N) is 2. The van der Waals surface area contributed by atoms with Gasteiger partial charge in [-0.1, -0.05) is 16.9 Å². The summed E-state index contributed by atoms with van der Waals surface area (Å²) in [5, 5.41) is 4.42. The maximum Gasteiger partial charge on any atom is 0.255 e. The number of hydrogen-bond donors (Lipinski definition) is 0. The summed E-state index contributed by atoms with van der Waals surface area (Å²) in [5.41, 5.74) is 0.892. The summed E-state index contributed by atoms with van der Waals surface area (Å²) in [6.07, 6.45) is 3.17. The van der Waals surface area contributed by atoms with Crippen LogP contribution in [0.4, 0.5) is 0 Å². The molecule has 2 rings (SSSR count). The molecule has 2 aromatic heterocycles. The molecule has 0 saturated carbocycles. The van der Waals surface area contributed by atoms with Crippen LogP contribution in [-0.4, -0.2) is 10.1 Å². The summed E-state index contributed by atoms with van der Waals surface area (Å²) in [6.45, 7) is 1.89. The Morgan fingerprint density at radius 3 is 3.08 bits per heavy atom. The molecule has 0 N–H and O–H groups in total. The lowest BCUT2D eigenvalue weighted by atomic mass is 10.4. The van der Waals surface area contributed by atoms with Crippen LogP contribution in [0.15, 0.2) is 32.7 Å². The Morgan fingerprint density at radius 2 is 2.46 bits per heavy atom. The number of hydrogen-bond acceptors (Lipinski definition) is 5. The highest BCUT2D eigenvalue weighted by Gasteiger charge is 2.03. The lowest BCUT2D eigenvalue weighted by Gasteiger charge is -1.89. The van der Waals surface area contributed by atoms with Gasteiger partial charge in [-0.15, -0.1) is 0 Å². The zero-order valence-electron chi connectivity index (χ0n) is 7.06. The summed E-state index contributed by atoms with van der Waals surface area (Å²) in [5.74, 6) is 1.53. The van der Waals surface area contributed by atoms with Crippen molar-refractivity contribution in [1.29, 1.82) is 0 Å². The van der Waals surface area contributed by atoms with E-state index in [2.05, 4.69) is 10.1 Å². The first-order valence-corrected chi connectivity index (χ1v) is 4.77. The summed E-state index contributed by atoms with van der Waals surface area (Å²) in [7, 11) is 0. The molecule has 0 fully saturated rings. The summed E-state index contributed by atoms with van der Waals surface area (Å²) >= 11 is 1.48. The van der Waals surface area contributed by atoms with Gasteiger partial charge < -0.3 is 8.94 Å². The average molecular weight is 196 g/mol. The van der Waals surface area contributed by atoms with Gasteiger partial charge in [0.2, 0.25) is 0 Å². The monoisotopic (exact) mass is 196 g/mol. The zero-order valence-corrected chi connectivity index (χ0v) is 7.87. The van der Waals surface area contributed by atoms with Crippen molar-refractivity contribution in [2.75, 3.05) is 0 Å². The van der Waals surface area contributed by atoms with Crippen molar-refractivity contribution in [3.63, 3.8) is 0 Å². The summed E-state index contributed by atoms with van der Waals surface area (Å²) < 4.78 is 10.1. The van der Waals surface area contributed by atoms with Crippen molar-refractivity contribution >= 4 is 11.8 Å². The second-order valence-electron chi connectivity index (χ2n) is 2.52. The Balaban J connectivity index is 1.93. The molecule has 13 heavy (non-hydrogen) atoms. The largest absolute Gasteiger partial charge is 0.440 e. The van der Waals surface area contributed by atoms with Gasteiger partial charge in [0.05, 0.1) is 17.6 Å². The first-order valence-electron chi connectivity index (χ1n) is 3.79. The highest BCUT2D eigenvalue weighted by Crippen LogP contribution is 2.20. The quantitative estimate of drug-likeness (QED) is 0.705. The molecule has 2 aromatic rings. The van der Waals surface area contributed by atoms with Gasteiger partial charge in [0, 0.05) is 6.07 Å². The molecule has 0 amide bonds. The third-order valence-electron chi connectivity index (χ3n) is 1.42. The number of oxazole rings is 1. The number of thioether (sulfide) groups is 1. The average Bonchev–Trinajstić information content (AvgIpc) is 2.71. The van der Waals surface area contributed by atoms with E-state index in [0.717, 1.165) is 11.5 Å². The fraction of sp³-hybridized carbons (Fsp3) is 0.250. The van der Waals surface area contributed by atoms with Crippen LogP contribution in [0, 0.1) is 6.92 Å². The Hall–Kier alpha value is -1.23. The van der Waals surface area contributed by atoms with Crippen LogP contribution in [0.25, 0.3) is 0 Å². The molecule has 0 aliphatic heterocycles. The van der Waals surface area contributed by atoms with Crippen molar-refractivity contribution in [2.24, 2.45) is 0 Å². The third kappa shape index (κ3) is 2.12. The van der Waals surface area contributed by atoms with Gasteiger partial charge in [0.1, 0.15) is 12.0 Å². The molecule has 0 saturated heterocycles. The second kappa shape index (κ2) is 3.66. The predicted molar refractivity (Wildman–Crippen MR) is 47.3 cm³/mol. The standard InChI is InChI=1S/C8H8N2O2S/c1-6-4-7(12-10-6)5-13-8-9-2-3-11-8/h2-4H,5H2,1H3. The van der Waals surface area contributed by atoms with E-state index in [1.807, 2.05) is 13.0 Å². The van der Waals surface area contributed by atoms with E-state index in [0.29, 0.717) is 11.0 Å². The van der Waals surface area contributed by atoms with Gasteiger partial charge in [-0.05, 0) is 6.92 Å². The smallest absolute Gasteiger partial charge is 0.255 e. The molecule has 0 bridgehead atoms. The molecule has 0 aliphatic carbocycles. The molecule has 0 atom stereocenters. The van der Waals surface area contributed by atoms with Crippen LogP contribution in [0.3, 0.4) is 0 Å². The Morgan fingerprint density at radius 1 is 1.54 bits per heavy atom. The van der Waals surface area contributed by atoms with E-state index in [-0.39, 0.29) is 0 Å². The fourth-order valence-electron chi connectivity index (χ4n) is 0.899. The fourth-order valence-corrected chi connectivity index (χ4v) is 1.56. The molecular weight excluding hydrogens is 188 g/mol. The highest BCUT2D eigenvalue weighted by molar-refractivity contribution is 7.98. The third-order valence-corrected chi connectivity index (χ3v) is 2.30. The molecule has 0 aliphatic rings. The maximum absolute atomic E-state index is 5.05. The summed E-state index contributed by atoms with van der Waals surface area (Å²) in [4.78, 5) is 3.97. The minimum atomic E-state index is 0.647. The number of rotatable bonds is 3. The van der Waals surface area contributed by atoms with Crippen LogP contribution in [0.2, 0.25) is 0 Å². The van der Waals surface area contributed by atoms with E-state index in [4.69, 9.17) is 8.94 Å². The molecule has 68 valence electrons. The molecule has 0 aromatic carbocycles. The highest BCUT2D eigenvalue weighted by atomic mass is 32.2. The topological polar surface area (TPSA) is 52.1 Å². The van der Waals surface area contributed by atoms with Crippen molar-refractivity contribution < 1.29 is 8.94 Å². The molecular formula is C8H8N2O2S. The normalized spacial score (nSPS) is 10.5. The predicted octanol–water partition coefficient (Wildman–Crippen LogP) is 2.26. The Labute approximate surface area is 79.3 Å². The molecule has 5 heteroatoms. The van der Waals surface area contributed by atoms with E-state index < -0.39 is 0 Å². The minimum Gasteiger partial charge on any atom is -0.440 e. The van der Waals surface area contributed by atoms with Gasteiger partial charge >= 0.3 is 0 Å². The molecule has 0 unspecified atom stereocenters. The maximum atomic E-state index is 5.05.